The van der Waals surface area contributed by atoms with Gasteiger partial charge in [0.2, 0.25) is 5.91 Å². The van der Waals surface area contributed by atoms with Crippen molar-refractivity contribution in [2.45, 2.75) is 31.7 Å². The molecule has 2 N–H and O–H groups in total. The van der Waals surface area contributed by atoms with Crippen LogP contribution in [0.3, 0.4) is 0 Å². The average molecular weight is 262 g/mol. The normalized spacial score (nSPS) is 28.1. The topological polar surface area (TPSA) is 52.6 Å². The molecule has 94 valence electrons. The maximum atomic E-state index is 11.9. The third-order valence-corrected chi connectivity index (χ3v) is 3.92. The first-order valence-corrected chi connectivity index (χ1v) is 6.43. The number of thiocarbonyl (C=S) groups is 1. The van der Waals surface area contributed by atoms with Crippen LogP contribution in [0.1, 0.15) is 30.2 Å². The Morgan fingerprint density at radius 3 is 2.89 bits per heavy atom. The summed E-state index contributed by atoms with van der Waals surface area (Å²) in [5.41, 5.74) is 1.99. The smallest absolute Gasteiger partial charge is 0.242 e. The number of hydrogen-bond donors (Lipinski definition) is 2. The number of carbonyl (C=O) groups excluding carboxylic acids is 1. The molecule has 1 aromatic carbocycles. The van der Waals surface area contributed by atoms with E-state index in [4.69, 9.17) is 12.2 Å². The Balaban J connectivity index is 1.84. The van der Waals surface area contributed by atoms with E-state index in [-0.39, 0.29) is 11.9 Å². The third-order valence-electron chi connectivity index (χ3n) is 3.61. The summed E-state index contributed by atoms with van der Waals surface area (Å²) in [7, 11) is 0. The highest BCUT2D eigenvalue weighted by molar-refractivity contribution is 7.80. The van der Waals surface area contributed by atoms with Crippen LogP contribution < -0.4 is 5.32 Å². The molecule has 0 aliphatic carbocycles. The third kappa shape index (κ3) is 1.84. The van der Waals surface area contributed by atoms with E-state index in [1.54, 1.807) is 0 Å². The van der Waals surface area contributed by atoms with Crippen molar-refractivity contribution in [1.82, 2.24) is 10.2 Å². The van der Waals surface area contributed by atoms with Crippen LogP contribution in [-0.2, 0) is 11.3 Å². The Hall–Kier alpha value is -1.30. The van der Waals surface area contributed by atoms with Gasteiger partial charge in [-0.15, -0.1) is 0 Å². The van der Waals surface area contributed by atoms with Gasteiger partial charge in [0.05, 0.1) is 11.0 Å². The van der Waals surface area contributed by atoms with Gasteiger partial charge in [-0.3, -0.25) is 9.69 Å². The zero-order valence-electron chi connectivity index (χ0n) is 9.80. The minimum absolute atomic E-state index is 0.0990. The fraction of sp³-hybridized carbons (Fsp3) is 0.385. The predicted octanol–water partition coefficient (Wildman–Crippen LogP) is 1.10. The molecular weight excluding hydrogens is 248 g/mol. The van der Waals surface area contributed by atoms with Crippen molar-refractivity contribution in [3.63, 3.8) is 0 Å². The van der Waals surface area contributed by atoms with E-state index in [2.05, 4.69) is 5.32 Å². The first-order valence-electron chi connectivity index (χ1n) is 6.02. The quantitative estimate of drug-likeness (QED) is 0.744. The summed E-state index contributed by atoms with van der Waals surface area (Å²) < 4.78 is 0. The maximum Gasteiger partial charge on any atom is 0.242 e. The molecule has 2 unspecified atom stereocenters. The lowest BCUT2D eigenvalue weighted by Crippen LogP contribution is -2.51. The summed E-state index contributed by atoms with van der Waals surface area (Å²) in [5.74, 6) is -0.0990. The van der Waals surface area contributed by atoms with Crippen LogP contribution in [0.5, 0.6) is 0 Å². The monoisotopic (exact) mass is 262 g/mol. The molecule has 18 heavy (non-hydrogen) atoms. The van der Waals surface area contributed by atoms with Gasteiger partial charge in [-0.2, -0.15) is 0 Å². The highest BCUT2D eigenvalue weighted by atomic mass is 32.1. The van der Waals surface area contributed by atoms with Crippen LogP contribution in [0, 0.1) is 0 Å². The van der Waals surface area contributed by atoms with Gasteiger partial charge in [-0.1, -0.05) is 36.5 Å². The lowest BCUT2D eigenvalue weighted by Gasteiger charge is -2.32. The van der Waals surface area contributed by atoms with Gasteiger partial charge in [0.15, 0.2) is 0 Å². The molecule has 2 atom stereocenters. The second-order valence-electron chi connectivity index (χ2n) is 4.71. The van der Waals surface area contributed by atoms with Crippen LogP contribution in [0.4, 0.5) is 0 Å². The molecule has 0 spiro atoms. The minimum Gasteiger partial charge on any atom is -0.374 e. The Kier molecular flexibility index (Phi) is 2.89. The SMILES string of the molecule is O=C1NC(=S)CCC1N1Cc2ccccc2C1O. The molecular formula is C13H14N2O2S. The number of aliphatic hydroxyl groups excluding tert-OH is 1. The van der Waals surface area contributed by atoms with Crippen molar-refractivity contribution >= 4 is 23.1 Å². The van der Waals surface area contributed by atoms with E-state index in [0.717, 1.165) is 11.1 Å². The van der Waals surface area contributed by atoms with Crippen molar-refractivity contribution in [3.05, 3.63) is 35.4 Å². The Labute approximate surface area is 111 Å². The molecule has 2 aliphatic rings. The standard InChI is InChI=1S/C13H14N2O2S/c16-12-10(5-6-11(18)14-12)15-7-8-3-1-2-4-9(8)13(15)17/h1-4,10,13,17H,5-7H2,(H,14,16,18). The first kappa shape index (κ1) is 11.8. The Morgan fingerprint density at radius 2 is 2.17 bits per heavy atom. The summed E-state index contributed by atoms with van der Waals surface area (Å²) in [5, 5.41) is 13.0. The molecule has 4 nitrogen and oxygen atoms in total. The summed E-state index contributed by atoms with van der Waals surface area (Å²) in [6, 6.07) is 7.46. The predicted molar refractivity (Wildman–Crippen MR) is 70.7 cm³/mol. The zero-order chi connectivity index (χ0) is 12.7. The molecule has 0 bridgehead atoms. The van der Waals surface area contributed by atoms with Gasteiger partial charge < -0.3 is 10.4 Å². The summed E-state index contributed by atoms with van der Waals surface area (Å²) in [4.78, 5) is 14.4. The number of hydrogen-bond acceptors (Lipinski definition) is 4. The van der Waals surface area contributed by atoms with Crippen molar-refractivity contribution in [2.75, 3.05) is 0 Å². The van der Waals surface area contributed by atoms with Crippen molar-refractivity contribution in [1.29, 1.82) is 0 Å². The zero-order valence-corrected chi connectivity index (χ0v) is 10.6. The Morgan fingerprint density at radius 1 is 1.39 bits per heavy atom. The first-order chi connectivity index (χ1) is 8.66. The van der Waals surface area contributed by atoms with E-state index in [1.807, 2.05) is 29.2 Å². The summed E-state index contributed by atoms with van der Waals surface area (Å²) in [6.45, 7) is 0.613. The van der Waals surface area contributed by atoms with Crippen LogP contribution >= 0.6 is 12.2 Å². The second-order valence-corrected chi connectivity index (χ2v) is 5.20. The van der Waals surface area contributed by atoms with Gasteiger partial charge in [0, 0.05) is 13.0 Å². The van der Waals surface area contributed by atoms with E-state index in [9.17, 15) is 9.90 Å². The molecule has 1 saturated heterocycles. The molecule has 3 rings (SSSR count). The lowest BCUT2D eigenvalue weighted by atomic mass is 10.1. The van der Waals surface area contributed by atoms with Gasteiger partial charge in [-0.05, 0) is 17.5 Å². The van der Waals surface area contributed by atoms with Gasteiger partial charge in [0.1, 0.15) is 6.23 Å². The van der Waals surface area contributed by atoms with Crippen molar-refractivity contribution < 1.29 is 9.90 Å². The van der Waals surface area contributed by atoms with E-state index < -0.39 is 6.23 Å². The number of piperidine rings is 1. The summed E-state index contributed by atoms with van der Waals surface area (Å²) in [6.07, 6.45) is 0.685. The highest BCUT2D eigenvalue weighted by Gasteiger charge is 2.38. The van der Waals surface area contributed by atoms with Crippen molar-refractivity contribution in [2.24, 2.45) is 0 Å². The molecule has 1 aromatic rings. The molecule has 2 aliphatic heterocycles. The van der Waals surface area contributed by atoms with Crippen LogP contribution in [-0.4, -0.2) is 26.9 Å². The fourth-order valence-electron chi connectivity index (χ4n) is 2.67. The number of aliphatic hydroxyl groups is 1. The van der Waals surface area contributed by atoms with Gasteiger partial charge in [-0.25, -0.2) is 0 Å². The molecule has 1 amide bonds. The van der Waals surface area contributed by atoms with Crippen LogP contribution in [0.25, 0.3) is 0 Å². The molecule has 5 heteroatoms. The largest absolute Gasteiger partial charge is 0.374 e. The molecule has 0 radical (unpaired) electrons. The maximum absolute atomic E-state index is 11.9. The summed E-state index contributed by atoms with van der Waals surface area (Å²) >= 11 is 5.00. The number of carbonyl (C=O) groups is 1. The van der Waals surface area contributed by atoms with E-state index in [0.29, 0.717) is 24.4 Å². The number of benzene rings is 1. The molecule has 2 heterocycles. The lowest BCUT2D eigenvalue weighted by molar-refractivity contribution is -0.131. The molecule has 0 aromatic heterocycles. The second kappa shape index (κ2) is 4.42. The Bertz CT molecular complexity index is 517. The van der Waals surface area contributed by atoms with Gasteiger partial charge >= 0.3 is 0 Å². The van der Waals surface area contributed by atoms with Crippen molar-refractivity contribution in [3.8, 4) is 0 Å². The number of nitrogens with one attached hydrogen (secondary N) is 1. The molecule has 1 fully saturated rings. The number of rotatable bonds is 1. The average Bonchev–Trinajstić information content (AvgIpc) is 2.68. The minimum atomic E-state index is -0.691. The molecule has 0 saturated carbocycles. The number of fused-ring (bicyclic) bond motifs is 1. The van der Waals surface area contributed by atoms with Crippen LogP contribution in [0.15, 0.2) is 24.3 Å². The van der Waals surface area contributed by atoms with Gasteiger partial charge in [0.25, 0.3) is 0 Å². The number of amides is 1. The van der Waals surface area contributed by atoms with E-state index >= 15 is 0 Å². The fourth-order valence-corrected chi connectivity index (χ4v) is 2.89. The van der Waals surface area contributed by atoms with Crippen LogP contribution in [0.2, 0.25) is 0 Å². The highest BCUT2D eigenvalue weighted by Crippen LogP contribution is 2.34. The number of nitrogens with zero attached hydrogens (tertiary/aromatic N) is 1. The van der Waals surface area contributed by atoms with E-state index in [1.165, 1.54) is 0 Å².